The number of carbonyl (C=O) groups is 1. The molecule has 1 atom stereocenters. The van der Waals surface area contributed by atoms with Gasteiger partial charge in [-0.3, -0.25) is 0 Å². The first-order valence-corrected chi connectivity index (χ1v) is 7.93. The van der Waals surface area contributed by atoms with E-state index in [-0.39, 0.29) is 23.8 Å². The molecule has 6 heteroatoms. The van der Waals surface area contributed by atoms with Crippen LogP contribution in [0.15, 0.2) is 18.2 Å². The number of ether oxygens (including phenoxy) is 1. The molecule has 2 rings (SSSR count). The van der Waals surface area contributed by atoms with Gasteiger partial charge in [-0.15, -0.1) is 0 Å². The number of likely N-dealkylation sites (tertiary alicyclic amines) is 1. The van der Waals surface area contributed by atoms with Gasteiger partial charge in [0.1, 0.15) is 0 Å². The van der Waals surface area contributed by atoms with Gasteiger partial charge in [0.2, 0.25) is 0 Å². The van der Waals surface area contributed by atoms with E-state index < -0.39 is 5.82 Å². The van der Waals surface area contributed by atoms with E-state index in [2.05, 4.69) is 5.32 Å². The highest BCUT2D eigenvalue weighted by Crippen LogP contribution is 2.28. The highest BCUT2D eigenvalue weighted by Gasteiger charge is 2.32. The Kier molecular flexibility index (Phi) is 5.82. The van der Waals surface area contributed by atoms with E-state index in [1.165, 1.54) is 13.2 Å². The number of carbonyl (C=O) groups excluding carboxylic acids is 1. The summed E-state index contributed by atoms with van der Waals surface area (Å²) in [5, 5.41) is 12.3. The first-order valence-electron chi connectivity index (χ1n) is 7.93. The van der Waals surface area contributed by atoms with E-state index in [1.807, 2.05) is 6.92 Å². The van der Waals surface area contributed by atoms with Gasteiger partial charge < -0.3 is 20.1 Å². The number of nitrogens with one attached hydrogen (secondary N) is 1. The molecule has 128 valence electrons. The Morgan fingerprint density at radius 2 is 2.30 bits per heavy atom. The zero-order valence-electron chi connectivity index (χ0n) is 13.8. The van der Waals surface area contributed by atoms with E-state index in [1.54, 1.807) is 17.0 Å². The van der Waals surface area contributed by atoms with Crippen molar-refractivity contribution in [1.82, 2.24) is 10.2 Å². The number of nitrogens with zero attached hydrogens (tertiary/aromatic N) is 1. The highest BCUT2D eigenvalue weighted by atomic mass is 19.1. The molecular weight excluding hydrogens is 299 g/mol. The molecule has 1 fully saturated rings. The molecule has 0 aromatic heterocycles. The van der Waals surface area contributed by atoms with Gasteiger partial charge in [-0.05, 0) is 37.0 Å². The Morgan fingerprint density at radius 1 is 1.52 bits per heavy atom. The maximum atomic E-state index is 13.3. The molecule has 0 saturated carbocycles. The lowest BCUT2D eigenvalue weighted by atomic mass is 9.83. The number of piperidine rings is 1. The molecule has 23 heavy (non-hydrogen) atoms. The predicted molar refractivity (Wildman–Crippen MR) is 86.1 cm³/mol. The number of methoxy groups -OCH3 is 1. The maximum Gasteiger partial charge on any atom is 0.317 e. The number of aliphatic hydroxyl groups excluding tert-OH is 1. The van der Waals surface area contributed by atoms with Crippen LogP contribution in [0.2, 0.25) is 0 Å². The first kappa shape index (κ1) is 17.5. The normalized spacial score (nSPS) is 21.1. The summed E-state index contributed by atoms with van der Waals surface area (Å²) in [5.74, 6) is -0.180. The largest absolute Gasteiger partial charge is 0.494 e. The molecule has 0 radical (unpaired) electrons. The fraction of sp³-hybridized carbons (Fsp3) is 0.588. The monoisotopic (exact) mass is 324 g/mol. The number of hydrogen-bond donors (Lipinski definition) is 2. The minimum atomic E-state index is -0.392. The Balaban J connectivity index is 1.83. The first-order chi connectivity index (χ1) is 11.0. The fourth-order valence-corrected chi connectivity index (χ4v) is 2.90. The van der Waals surface area contributed by atoms with Crippen molar-refractivity contribution in [1.29, 1.82) is 0 Å². The Labute approximate surface area is 136 Å². The number of rotatable bonds is 5. The molecule has 1 unspecified atom stereocenters. The topological polar surface area (TPSA) is 61.8 Å². The number of aliphatic hydroxyl groups is 1. The third-order valence-electron chi connectivity index (χ3n) is 4.36. The van der Waals surface area contributed by atoms with E-state index >= 15 is 0 Å². The van der Waals surface area contributed by atoms with Crippen molar-refractivity contribution in [2.24, 2.45) is 5.41 Å². The third kappa shape index (κ3) is 4.58. The van der Waals surface area contributed by atoms with Gasteiger partial charge in [0.05, 0.1) is 13.7 Å². The van der Waals surface area contributed by atoms with E-state index in [0.29, 0.717) is 26.1 Å². The summed E-state index contributed by atoms with van der Waals surface area (Å²) in [6.45, 7) is 3.84. The summed E-state index contributed by atoms with van der Waals surface area (Å²) < 4.78 is 18.3. The minimum absolute atomic E-state index is 0.0894. The Bertz CT molecular complexity index is 553. The summed E-state index contributed by atoms with van der Waals surface area (Å²) in [6, 6.07) is 4.59. The lowest BCUT2D eigenvalue weighted by Crippen LogP contribution is -2.50. The van der Waals surface area contributed by atoms with Crippen LogP contribution in [0, 0.1) is 11.2 Å². The summed E-state index contributed by atoms with van der Waals surface area (Å²) in [7, 11) is 1.43. The van der Waals surface area contributed by atoms with Crippen molar-refractivity contribution in [2.45, 2.75) is 26.2 Å². The van der Waals surface area contributed by atoms with Crippen LogP contribution < -0.4 is 10.1 Å². The summed E-state index contributed by atoms with van der Waals surface area (Å²) in [4.78, 5) is 14.0. The van der Waals surface area contributed by atoms with Gasteiger partial charge in [-0.1, -0.05) is 13.0 Å². The fourth-order valence-electron chi connectivity index (χ4n) is 2.90. The molecule has 2 N–H and O–H groups in total. The van der Waals surface area contributed by atoms with Crippen LogP contribution in [0.5, 0.6) is 5.75 Å². The van der Waals surface area contributed by atoms with Crippen molar-refractivity contribution < 1.29 is 19.0 Å². The second-order valence-corrected chi connectivity index (χ2v) is 6.44. The van der Waals surface area contributed by atoms with Crippen molar-refractivity contribution in [3.05, 3.63) is 29.6 Å². The molecule has 1 aliphatic rings. The third-order valence-corrected chi connectivity index (χ3v) is 4.36. The SMILES string of the molecule is COc1cc(CCNC(=O)N2CCCC(C)(CO)C2)ccc1F. The average molecular weight is 324 g/mol. The number of amides is 2. The second kappa shape index (κ2) is 7.64. The average Bonchev–Trinajstić information content (AvgIpc) is 2.56. The van der Waals surface area contributed by atoms with Gasteiger partial charge in [0.25, 0.3) is 0 Å². The van der Waals surface area contributed by atoms with Crippen LogP contribution >= 0.6 is 0 Å². The quantitative estimate of drug-likeness (QED) is 0.873. The van der Waals surface area contributed by atoms with Crippen molar-refractivity contribution in [3.63, 3.8) is 0 Å². The molecule has 2 amide bonds. The van der Waals surface area contributed by atoms with E-state index in [4.69, 9.17) is 4.74 Å². The van der Waals surface area contributed by atoms with Crippen LogP contribution in [-0.4, -0.2) is 49.4 Å². The van der Waals surface area contributed by atoms with Crippen LogP contribution in [0.25, 0.3) is 0 Å². The van der Waals surface area contributed by atoms with Crippen molar-refractivity contribution >= 4 is 6.03 Å². The molecule has 1 saturated heterocycles. The van der Waals surface area contributed by atoms with Crippen LogP contribution in [0.4, 0.5) is 9.18 Å². The maximum absolute atomic E-state index is 13.3. The molecule has 1 aromatic carbocycles. The van der Waals surface area contributed by atoms with Gasteiger partial charge in [0, 0.05) is 25.0 Å². The lowest BCUT2D eigenvalue weighted by molar-refractivity contribution is 0.0616. The summed E-state index contributed by atoms with van der Waals surface area (Å²) in [6.07, 6.45) is 2.44. The van der Waals surface area contributed by atoms with Gasteiger partial charge >= 0.3 is 6.03 Å². The van der Waals surface area contributed by atoms with E-state index in [0.717, 1.165) is 18.4 Å². The number of hydrogen-bond acceptors (Lipinski definition) is 3. The summed E-state index contributed by atoms with van der Waals surface area (Å²) in [5.41, 5.74) is 0.697. The Hall–Kier alpha value is -1.82. The Morgan fingerprint density at radius 3 is 3.00 bits per heavy atom. The molecule has 0 bridgehead atoms. The second-order valence-electron chi connectivity index (χ2n) is 6.44. The zero-order valence-corrected chi connectivity index (χ0v) is 13.8. The van der Waals surface area contributed by atoms with Gasteiger partial charge in [-0.25, -0.2) is 9.18 Å². The summed E-state index contributed by atoms with van der Waals surface area (Å²) >= 11 is 0. The van der Waals surface area contributed by atoms with Crippen molar-refractivity contribution in [3.8, 4) is 5.75 Å². The molecule has 5 nitrogen and oxygen atoms in total. The van der Waals surface area contributed by atoms with Crippen LogP contribution in [0.3, 0.4) is 0 Å². The molecular formula is C17H25FN2O3. The molecule has 1 heterocycles. The number of urea groups is 1. The lowest BCUT2D eigenvalue weighted by Gasteiger charge is -2.39. The zero-order chi connectivity index (χ0) is 16.9. The standard InChI is InChI=1S/C17H25FN2O3/c1-17(12-21)7-3-9-20(11-17)16(22)19-8-6-13-4-5-14(18)15(10-13)23-2/h4-5,10,21H,3,6-9,11-12H2,1-2H3,(H,19,22). The highest BCUT2D eigenvalue weighted by molar-refractivity contribution is 5.74. The minimum Gasteiger partial charge on any atom is -0.494 e. The van der Waals surface area contributed by atoms with Gasteiger partial charge in [0.15, 0.2) is 11.6 Å². The van der Waals surface area contributed by atoms with Crippen LogP contribution in [-0.2, 0) is 6.42 Å². The number of benzene rings is 1. The van der Waals surface area contributed by atoms with E-state index in [9.17, 15) is 14.3 Å². The number of halogens is 1. The van der Waals surface area contributed by atoms with Gasteiger partial charge in [-0.2, -0.15) is 0 Å². The molecule has 1 aliphatic heterocycles. The van der Waals surface area contributed by atoms with Crippen molar-refractivity contribution in [2.75, 3.05) is 33.4 Å². The smallest absolute Gasteiger partial charge is 0.317 e. The molecule has 1 aromatic rings. The molecule has 0 spiro atoms. The predicted octanol–water partition coefficient (Wildman–Crippen LogP) is 2.18. The van der Waals surface area contributed by atoms with Crippen LogP contribution in [0.1, 0.15) is 25.3 Å². The molecule has 0 aliphatic carbocycles.